The Kier molecular flexibility index (Phi) is 3.90. The van der Waals surface area contributed by atoms with E-state index in [0.717, 1.165) is 27.0 Å². The molecule has 2 aromatic rings. The first kappa shape index (κ1) is 13.6. The highest BCUT2D eigenvalue weighted by Gasteiger charge is 2.08. The number of hydrogen-bond donors (Lipinski definition) is 2. The number of hydrogen-bond acceptors (Lipinski definition) is 2. The van der Waals surface area contributed by atoms with Crippen molar-refractivity contribution in [1.29, 1.82) is 0 Å². The molecule has 0 radical (unpaired) electrons. The second-order valence-electron chi connectivity index (χ2n) is 4.54. The lowest BCUT2D eigenvalue weighted by molar-refractivity contribution is 0.102. The standard InChI is InChI=1S/C15H15BrN2O/c1-9-5-11(8-12(16)6-9)15(19)18-13-3-4-14(17)10(2)7-13/h3-8H,17H2,1-2H3,(H,18,19). The van der Waals surface area contributed by atoms with Crippen molar-refractivity contribution in [2.24, 2.45) is 0 Å². The van der Waals surface area contributed by atoms with Gasteiger partial charge in [0, 0.05) is 21.4 Å². The Morgan fingerprint density at radius 1 is 1.16 bits per heavy atom. The van der Waals surface area contributed by atoms with Gasteiger partial charge in [-0.25, -0.2) is 0 Å². The van der Waals surface area contributed by atoms with Crippen LogP contribution in [-0.2, 0) is 0 Å². The molecule has 98 valence electrons. The summed E-state index contributed by atoms with van der Waals surface area (Å²) < 4.78 is 0.895. The zero-order valence-corrected chi connectivity index (χ0v) is 12.4. The molecule has 0 heterocycles. The SMILES string of the molecule is Cc1cc(Br)cc(C(=O)Nc2ccc(N)c(C)c2)c1. The number of rotatable bonds is 2. The predicted molar refractivity (Wildman–Crippen MR) is 82.4 cm³/mol. The van der Waals surface area contributed by atoms with E-state index < -0.39 is 0 Å². The van der Waals surface area contributed by atoms with E-state index in [0.29, 0.717) is 5.56 Å². The van der Waals surface area contributed by atoms with Crippen molar-refractivity contribution in [2.75, 3.05) is 11.1 Å². The summed E-state index contributed by atoms with van der Waals surface area (Å²) in [4.78, 5) is 12.2. The molecule has 1 amide bonds. The quantitative estimate of drug-likeness (QED) is 0.825. The molecule has 0 bridgehead atoms. The summed E-state index contributed by atoms with van der Waals surface area (Å²) in [6.07, 6.45) is 0. The number of carbonyl (C=O) groups is 1. The van der Waals surface area contributed by atoms with Crippen LogP contribution in [0.3, 0.4) is 0 Å². The molecule has 0 saturated carbocycles. The van der Waals surface area contributed by atoms with E-state index in [1.807, 2.05) is 32.0 Å². The van der Waals surface area contributed by atoms with Crippen LogP contribution in [-0.4, -0.2) is 5.91 Å². The summed E-state index contributed by atoms with van der Waals surface area (Å²) in [5.74, 6) is -0.131. The fraction of sp³-hybridized carbons (Fsp3) is 0.133. The van der Waals surface area contributed by atoms with Crippen LogP contribution in [0.5, 0.6) is 0 Å². The monoisotopic (exact) mass is 318 g/mol. The van der Waals surface area contributed by atoms with Crippen LogP contribution in [0.15, 0.2) is 40.9 Å². The largest absolute Gasteiger partial charge is 0.399 e. The predicted octanol–water partition coefficient (Wildman–Crippen LogP) is 3.90. The maximum absolute atomic E-state index is 12.2. The summed E-state index contributed by atoms with van der Waals surface area (Å²) in [5, 5.41) is 2.87. The normalized spacial score (nSPS) is 10.3. The van der Waals surface area contributed by atoms with E-state index in [1.54, 1.807) is 18.2 Å². The van der Waals surface area contributed by atoms with E-state index >= 15 is 0 Å². The van der Waals surface area contributed by atoms with Gasteiger partial charge >= 0.3 is 0 Å². The molecule has 19 heavy (non-hydrogen) atoms. The van der Waals surface area contributed by atoms with Gasteiger partial charge in [-0.1, -0.05) is 15.9 Å². The molecule has 0 aliphatic carbocycles. The van der Waals surface area contributed by atoms with Crippen LogP contribution in [0.2, 0.25) is 0 Å². The number of nitrogens with two attached hydrogens (primary N) is 1. The molecule has 2 aromatic carbocycles. The first-order valence-corrected chi connectivity index (χ1v) is 6.69. The smallest absolute Gasteiger partial charge is 0.255 e. The molecule has 0 atom stereocenters. The molecule has 3 nitrogen and oxygen atoms in total. The first-order chi connectivity index (χ1) is 8.95. The maximum atomic E-state index is 12.2. The van der Waals surface area contributed by atoms with Crippen molar-refractivity contribution < 1.29 is 4.79 Å². The zero-order valence-electron chi connectivity index (χ0n) is 10.8. The van der Waals surface area contributed by atoms with Crippen molar-refractivity contribution in [3.8, 4) is 0 Å². The van der Waals surface area contributed by atoms with Crippen LogP contribution >= 0.6 is 15.9 Å². The molecule has 0 fully saturated rings. The average molecular weight is 319 g/mol. The second kappa shape index (κ2) is 5.45. The Morgan fingerprint density at radius 2 is 1.89 bits per heavy atom. The van der Waals surface area contributed by atoms with Crippen molar-refractivity contribution in [3.63, 3.8) is 0 Å². The van der Waals surface area contributed by atoms with Crippen molar-refractivity contribution in [3.05, 3.63) is 57.6 Å². The highest BCUT2D eigenvalue weighted by Crippen LogP contribution is 2.19. The lowest BCUT2D eigenvalue weighted by Gasteiger charge is -2.08. The highest BCUT2D eigenvalue weighted by molar-refractivity contribution is 9.10. The van der Waals surface area contributed by atoms with Crippen LogP contribution in [0, 0.1) is 13.8 Å². The molecule has 0 saturated heterocycles. The van der Waals surface area contributed by atoms with Gasteiger partial charge in [0.25, 0.3) is 5.91 Å². The van der Waals surface area contributed by atoms with Crippen LogP contribution in [0.4, 0.5) is 11.4 Å². The molecular weight excluding hydrogens is 304 g/mol. The number of aryl methyl sites for hydroxylation is 2. The van der Waals surface area contributed by atoms with E-state index in [4.69, 9.17) is 5.73 Å². The third kappa shape index (κ3) is 3.35. The Balaban J connectivity index is 2.22. The number of carbonyl (C=O) groups excluding carboxylic acids is 1. The Morgan fingerprint density at radius 3 is 2.53 bits per heavy atom. The summed E-state index contributed by atoms with van der Waals surface area (Å²) >= 11 is 3.39. The van der Waals surface area contributed by atoms with Crippen molar-refractivity contribution in [1.82, 2.24) is 0 Å². The second-order valence-corrected chi connectivity index (χ2v) is 5.46. The van der Waals surface area contributed by atoms with Crippen LogP contribution in [0.1, 0.15) is 21.5 Å². The topological polar surface area (TPSA) is 55.1 Å². The summed E-state index contributed by atoms with van der Waals surface area (Å²) in [6.45, 7) is 3.86. The molecule has 0 spiro atoms. The molecule has 0 unspecified atom stereocenters. The third-order valence-electron chi connectivity index (χ3n) is 2.83. The number of amides is 1. The highest BCUT2D eigenvalue weighted by atomic mass is 79.9. The van der Waals surface area contributed by atoms with Gasteiger partial charge in [-0.15, -0.1) is 0 Å². The van der Waals surface area contributed by atoms with Crippen molar-refractivity contribution in [2.45, 2.75) is 13.8 Å². The van der Waals surface area contributed by atoms with Gasteiger partial charge in [0.15, 0.2) is 0 Å². The van der Waals surface area contributed by atoms with E-state index in [9.17, 15) is 4.79 Å². The van der Waals surface area contributed by atoms with Crippen molar-refractivity contribution >= 4 is 33.2 Å². The molecular formula is C15H15BrN2O. The molecule has 0 aliphatic rings. The minimum Gasteiger partial charge on any atom is -0.399 e. The van der Waals surface area contributed by atoms with Crippen LogP contribution < -0.4 is 11.1 Å². The molecule has 3 N–H and O–H groups in total. The maximum Gasteiger partial charge on any atom is 0.255 e. The number of anilines is 2. The Bertz CT molecular complexity index is 618. The number of halogens is 1. The zero-order chi connectivity index (χ0) is 14.0. The van der Waals surface area contributed by atoms with Gasteiger partial charge < -0.3 is 11.1 Å². The lowest BCUT2D eigenvalue weighted by atomic mass is 10.1. The van der Waals surface area contributed by atoms with Gasteiger partial charge in [-0.3, -0.25) is 4.79 Å². The van der Waals surface area contributed by atoms with Gasteiger partial charge in [0.1, 0.15) is 0 Å². The van der Waals surface area contributed by atoms with Gasteiger partial charge in [-0.05, 0) is 61.4 Å². The Labute approximate surface area is 121 Å². The van der Waals surface area contributed by atoms with E-state index in [2.05, 4.69) is 21.2 Å². The Hall–Kier alpha value is -1.81. The molecule has 0 aromatic heterocycles. The molecule has 2 rings (SSSR count). The number of nitrogen functional groups attached to an aromatic ring is 1. The molecule has 0 aliphatic heterocycles. The third-order valence-corrected chi connectivity index (χ3v) is 3.29. The summed E-state index contributed by atoms with van der Waals surface area (Å²) in [7, 11) is 0. The van der Waals surface area contributed by atoms with Crippen LogP contribution in [0.25, 0.3) is 0 Å². The fourth-order valence-electron chi connectivity index (χ4n) is 1.82. The minimum absolute atomic E-state index is 0.131. The lowest BCUT2D eigenvalue weighted by Crippen LogP contribution is -2.12. The number of benzene rings is 2. The van der Waals surface area contributed by atoms with E-state index in [1.165, 1.54) is 0 Å². The molecule has 4 heteroatoms. The number of nitrogens with one attached hydrogen (secondary N) is 1. The minimum atomic E-state index is -0.131. The first-order valence-electron chi connectivity index (χ1n) is 5.90. The van der Waals surface area contributed by atoms with E-state index in [-0.39, 0.29) is 5.91 Å². The van der Waals surface area contributed by atoms with Gasteiger partial charge in [0.05, 0.1) is 0 Å². The fourth-order valence-corrected chi connectivity index (χ4v) is 2.43. The van der Waals surface area contributed by atoms with Gasteiger partial charge in [0.2, 0.25) is 0 Å². The average Bonchev–Trinajstić information content (AvgIpc) is 2.32. The summed E-state index contributed by atoms with van der Waals surface area (Å²) in [5.41, 5.74) is 9.82. The summed E-state index contributed by atoms with van der Waals surface area (Å²) in [6, 6.07) is 11.1. The van der Waals surface area contributed by atoms with Gasteiger partial charge in [-0.2, -0.15) is 0 Å².